The summed E-state index contributed by atoms with van der Waals surface area (Å²) >= 11 is 0. The number of likely N-dealkylation sites (N-methyl/N-ethyl adjacent to an activating group) is 1. The van der Waals surface area contributed by atoms with E-state index in [1.807, 2.05) is 24.2 Å². The van der Waals surface area contributed by atoms with Crippen molar-refractivity contribution in [2.75, 3.05) is 49.6 Å². The van der Waals surface area contributed by atoms with Crippen molar-refractivity contribution >= 4 is 17.7 Å². The van der Waals surface area contributed by atoms with Crippen LogP contribution in [0.2, 0.25) is 0 Å². The van der Waals surface area contributed by atoms with Gasteiger partial charge >= 0.3 is 5.97 Å². The first-order valence-corrected chi connectivity index (χ1v) is 9.90. The van der Waals surface area contributed by atoms with E-state index in [1.54, 1.807) is 0 Å². The van der Waals surface area contributed by atoms with E-state index >= 15 is 0 Å². The smallest absolute Gasteiger partial charge is 0.320 e. The normalized spacial score (nSPS) is 26.7. The summed E-state index contributed by atoms with van der Waals surface area (Å²) in [7, 11) is 1.92. The number of aliphatic carboxylic acids is 1. The number of carboxylic acid groups (broad SMARTS) is 1. The van der Waals surface area contributed by atoms with Crippen molar-refractivity contribution in [3.05, 3.63) is 12.3 Å². The zero-order valence-electron chi connectivity index (χ0n) is 15.9. The van der Waals surface area contributed by atoms with Crippen molar-refractivity contribution in [2.24, 2.45) is 5.41 Å². The van der Waals surface area contributed by atoms with Crippen molar-refractivity contribution < 1.29 is 15.0 Å². The molecule has 148 valence electrons. The first kappa shape index (κ1) is 18.4. The maximum absolute atomic E-state index is 11.4. The average Bonchev–Trinajstić information content (AvgIpc) is 2.99. The number of hydrogen-bond donors (Lipinski definition) is 2. The van der Waals surface area contributed by atoms with Gasteiger partial charge < -0.3 is 20.0 Å². The predicted octanol–water partition coefficient (Wildman–Crippen LogP) is 0.813. The van der Waals surface area contributed by atoms with Crippen LogP contribution in [0.5, 0.6) is 0 Å². The molecular weight excluding hydrogens is 346 g/mol. The van der Waals surface area contributed by atoms with Gasteiger partial charge in [-0.3, -0.25) is 9.69 Å². The topological polar surface area (TPSA) is 93.0 Å². The van der Waals surface area contributed by atoms with Crippen LogP contribution in [0.15, 0.2) is 12.3 Å². The van der Waals surface area contributed by atoms with E-state index in [0.29, 0.717) is 0 Å². The fourth-order valence-electron chi connectivity index (χ4n) is 4.85. The second-order valence-electron chi connectivity index (χ2n) is 8.39. The van der Waals surface area contributed by atoms with Crippen LogP contribution in [0.1, 0.15) is 32.1 Å². The lowest BCUT2D eigenvalue weighted by Gasteiger charge is -2.39. The zero-order valence-corrected chi connectivity index (χ0v) is 15.9. The number of anilines is 2. The van der Waals surface area contributed by atoms with Gasteiger partial charge in [-0.25, -0.2) is 4.98 Å². The standard InChI is InChI=1S/C19H29N5O3/c1-22-13-19(12-15(22)17(26)27)5-10-24(11-6-19)18-20-7-2-16(21-18)23-8-3-14(25)4-9-23/h2,7,14-15,25H,3-6,8-13H2,1H3,(H,26,27)/t15-/m0/s1. The first-order valence-electron chi connectivity index (χ1n) is 9.90. The third kappa shape index (κ3) is 3.73. The monoisotopic (exact) mass is 375 g/mol. The number of rotatable bonds is 3. The molecule has 4 rings (SSSR count). The molecule has 0 bridgehead atoms. The van der Waals surface area contributed by atoms with E-state index in [-0.39, 0.29) is 17.6 Å². The third-order valence-corrected chi connectivity index (χ3v) is 6.55. The summed E-state index contributed by atoms with van der Waals surface area (Å²) in [6.07, 6.45) is 5.88. The fraction of sp³-hybridized carbons (Fsp3) is 0.737. The molecule has 8 nitrogen and oxygen atoms in total. The molecule has 3 aliphatic rings. The SMILES string of the molecule is CN1CC2(CCN(c3nccc(N4CCC(O)CC4)n3)CC2)C[C@H]1C(=O)O. The molecule has 3 aliphatic heterocycles. The molecule has 2 N–H and O–H groups in total. The summed E-state index contributed by atoms with van der Waals surface area (Å²) in [6.45, 7) is 4.23. The molecule has 0 saturated carbocycles. The lowest BCUT2D eigenvalue weighted by atomic mass is 9.76. The van der Waals surface area contributed by atoms with Gasteiger partial charge in [0, 0.05) is 38.9 Å². The van der Waals surface area contributed by atoms with Gasteiger partial charge in [0.05, 0.1) is 6.10 Å². The highest BCUT2D eigenvalue weighted by Gasteiger charge is 2.46. The minimum Gasteiger partial charge on any atom is -0.480 e. The van der Waals surface area contributed by atoms with Crippen LogP contribution in [-0.2, 0) is 4.79 Å². The van der Waals surface area contributed by atoms with Crippen LogP contribution in [-0.4, -0.2) is 83.0 Å². The summed E-state index contributed by atoms with van der Waals surface area (Å²) in [4.78, 5) is 27.1. The van der Waals surface area contributed by atoms with E-state index in [2.05, 4.69) is 14.8 Å². The van der Waals surface area contributed by atoms with Gasteiger partial charge in [0.2, 0.25) is 5.95 Å². The van der Waals surface area contributed by atoms with E-state index < -0.39 is 5.97 Å². The van der Waals surface area contributed by atoms with E-state index in [1.165, 1.54) is 0 Å². The van der Waals surface area contributed by atoms with Gasteiger partial charge in [-0.05, 0) is 50.6 Å². The molecule has 1 aromatic rings. The van der Waals surface area contributed by atoms with Gasteiger partial charge in [-0.2, -0.15) is 4.98 Å². The van der Waals surface area contributed by atoms with Crippen molar-refractivity contribution in [3.8, 4) is 0 Å². The number of piperidine rings is 2. The highest BCUT2D eigenvalue weighted by molar-refractivity contribution is 5.74. The maximum atomic E-state index is 11.4. The minimum atomic E-state index is -0.709. The van der Waals surface area contributed by atoms with E-state index in [9.17, 15) is 15.0 Å². The Kier molecular flexibility index (Phi) is 4.94. The lowest BCUT2D eigenvalue weighted by molar-refractivity contribution is -0.141. The van der Waals surface area contributed by atoms with Gasteiger partial charge in [0.15, 0.2) is 0 Å². The number of aromatic nitrogens is 2. The highest BCUT2D eigenvalue weighted by Crippen LogP contribution is 2.43. The number of likely N-dealkylation sites (tertiary alicyclic amines) is 1. The van der Waals surface area contributed by atoms with Gasteiger partial charge in [0.1, 0.15) is 11.9 Å². The molecule has 0 aliphatic carbocycles. The van der Waals surface area contributed by atoms with Crippen molar-refractivity contribution in [3.63, 3.8) is 0 Å². The number of carboxylic acids is 1. The van der Waals surface area contributed by atoms with Crippen LogP contribution in [0.25, 0.3) is 0 Å². The summed E-state index contributed by atoms with van der Waals surface area (Å²) in [6, 6.07) is 1.58. The molecule has 3 saturated heterocycles. The van der Waals surface area contributed by atoms with E-state index in [0.717, 1.165) is 76.6 Å². The summed E-state index contributed by atoms with van der Waals surface area (Å²) < 4.78 is 0. The van der Waals surface area contributed by atoms with Gasteiger partial charge in [0.25, 0.3) is 0 Å². The Bertz CT molecular complexity index is 684. The Morgan fingerprint density at radius 2 is 1.89 bits per heavy atom. The molecule has 8 heteroatoms. The van der Waals surface area contributed by atoms with Crippen molar-refractivity contribution in [1.29, 1.82) is 0 Å². The second-order valence-corrected chi connectivity index (χ2v) is 8.39. The number of aliphatic hydroxyl groups excluding tert-OH is 1. The van der Waals surface area contributed by atoms with Crippen molar-refractivity contribution in [2.45, 2.75) is 44.2 Å². The van der Waals surface area contributed by atoms with E-state index in [4.69, 9.17) is 4.98 Å². The molecule has 0 aromatic carbocycles. The summed E-state index contributed by atoms with van der Waals surface area (Å²) in [5, 5.41) is 19.1. The minimum absolute atomic E-state index is 0.106. The Morgan fingerprint density at radius 3 is 2.52 bits per heavy atom. The Hall–Kier alpha value is -1.93. The summed E-state index contributed by atoms with van der Waals surface area (Å²) in [5.74, 6) is 0.979. The van der Waals surface area contributed by atoms with Crippen molar-refractivity contribution in [1.82, 2.24) is 14.9 Å². The molecule has 3 fully saturated rings. The van der Waals surface area contributed by atoms with Crippen LogP contribution in [0.3, 0.4) is 0 Å². The number of carbonyl (C=O) groups is 1. The van der Waals surface area contributed by atoms with Crippen LogP contribution in [0, 0.1) is 5.41 Å². The number of hydrogen-bond acceptors (Lipinski definition) is 7. The lowest BCUT2D eigenvalue weighted by Crippen LogP contribution is -2.42. The molecule has 1 atom stereocenters. The van der Waals surface area contributed by atoms with Crippen LogP contribution >= 0.6 is 0 Å². The zero-order chi connectivity index (χ0) is 19.0. The number of aliphatic hydroxyl groups is 1. The molecular formula is C19H29N5O3. The quantitative estimate of drug-likeness (QED) is 0.802. The molecule has 27 heavy (non-hydrogen) atoms. The molecule has 1 spiro atoms. The summed E-state index contributed by atoms with van der Waals surface area (Å²) in [5.41, 5.74) is 0.106. The highest BCUT2D eigenvalue weighted by atomic mass is 16.4. The first-order chi connectivity index (χ1) is 13.0. The van der Waals surface area contributed by atoms with Gasteiger partial charge in [-0.15, -0.1) is 0 Å². The Balaban J connectivity index is 1.40. The largest absolute Gasteiger partial charge is 0.480 e. The third-order valence-electron chi connectivity index (χ3n) is 6.55. The predicted molar refractivity (Wildman–Crippen MR) is 102 cm³/mol. The van der Waals surface area contributed by atoms with Crippen LogP contribution in [0.4, 0.5) is 11.8 Å². The molecule has 4 heterocycles. The fourth-order valence-corrected chi connectivity index (χ4v) is 4.85. The maximum Gasteiger partial charge on any atom is 0.320 e. The Labute approximate surface area is 159 Å². The average molecular weight is 375 g/mol. The molecule has 1 aromatic heterocycles. The molecule has 0 unspecified atom stereocenters. The Morgan fingerprint density at radius 1 is 1.19 bits per heavy atom. The van der Waals surface area contributed by atoms with Crippen LogP contribution < -0.4 is 9.80 Å². The molecule has 0 radical (unpaired) electrons. The van der Waals surface area contributed by atoms with Gasteiger partial charge in [-0.1, -0.05) is 0 Å². The second kappa shape index (κ2) is 7.24. The number of nitrogens with zero attached hydrogens (tertiary/aromatic N) is 5. The molecule has 0 amide bonds.